The molecule has 0 saturated carbocycles. The van der Waals surface area contributed by atoms with Crippen molar-refractivity contribution in [3.05, 3.63) is 105 Å². The fraction of sp³-hybridized carbons (Fsp3) is 0.0385. The van der Waals surface area contributed by atoms with E-state index in [1.807, 2.05) is 73.7 Å². The van der Waals surface area contributed by atoms with Crippen molar-refractivity contribution in [3.8, 4) is 0 Å². The Bertz CT molecular complexity index is 1780. The topological polar surface area (TPSA) is 83.0 Å². The van der Waals surface area contributed by atoms with Crippen molar-refractivity contribution >= 4 is 49.7 Å². The van der Waals surface area contributed by atoms with Gasteiger partial charge in [-0.05, 0) is 46.7 Å². The highest BCUT2D eigenvalue weighted by atomic mass is 16.2. The maximum absolute atomic E-state index is 13.2. The Labute approximate surface area is 181 Å². The van der Waals surface area contributed by atoms with Gasteiger partial charge in [-0.3, -0.25) is 4.79 Å². The van der Waals surface area contributed by atoms with E-state index in [0.717, 1.165) is 48.3 Å². The molecular formula is C26H18N4O2. The quantitative estimate of drug-likeness (QED) is 0.316. The number of nitrogens with one attached hydrogen (secondary N) is 2. The molecule has 0 atom stereocenters. The fourth-order valence-corrected chi connectivity index (χ4v) is 4.36. The molecule has 0 aliphatic carbocycles. The molecule has 0 radical (unpaired) electrons. The SMILES string of the molecule is Cc1ccc2[nH]c3c(=O)n(/N=C\c4c5ccccc5cc5ccccc45)c(=O)[nH]c3c2c1. The summed E-state index contributed by atoms with van der Waals surface area (Å²) in [5.74, 6) is 0. The van der Waals surface area contributed by atoms with Crippen LogP contribution in [0.4, 0.5) is 0 Å². The second-order valence-electron chi connectivity index (χ2n) is 7.95. The highest BCUT2D eigenvalue weighted by molar-refractivity contribution is 6.13. The summed E-state index contributed by atoms with van der Waals surface area (Å²) in [6.07, 6.45) is 1.60. The average molecular weight is 418 g/mol. The second kappa shape index (κ2) is 6.78. The number of aromatic nitrogens is 3. The number of rotatable bonds is 2. The van der Waals surface area contributed by atoms with Crippen molar-refractivity contribution in [2.45, 2.75) is 6.92 Å². The molecular weight excluding hydrogens is 400 g/mol. The minimum atomic E-state index is -0.578. The Morgan fingerprint density at radius 2 is 1.47 bits per heavy atom. The van der Waals surface area contributed by atoms with Crippen molar-refractivity contribution in [1.82, 2.24) is 14.6 Å². The maximum Gasteiger partial charge on any atom is 0.350 e. The van der Waals surface area contributed by atoms with Crippen LogP contribution in [0.1, 0.15) is 11.1 Å². The minimum absolute atomic E-state index is 0.324. The predicted octanol–water partition coefficient (Wildman–Crippen LogP) is 4.67. The van der Waals surface area contributed by atoms with Crippen LogP contribution < -0.4 is 11.2 Å². The van der Waals surface area contributed by atoms with Crippen LogP contribution in [0.15, 0.2) is 87.5 Å². The molecule has 0 fully saturated rings. The zero-order valence-electron chi connectivity index (χ0n) is 17.2. The standard InChI is InChI=1S/C26H18N4O2/c1-15-10-11-22-20(12-15)23-24(28-22)25(31)30(26(32)29-23)27-14-21-18-8-4-2-6-16(18)13-17-7-3-5-9-19(17)21/h2-14,28H,1H3,(H,29,32)/b27-14-. The van der Waals surface area contributed by atoms with E-state index in [0.29, 0.717) is 11.0 Å². The number of hydrogen-bond donors (Lipinski definition) is 2. The van der Waals surface area contributed by atoms with E-state index in [4.69, 9.17) is 0 Å². The monoisotopic (exact) mass is 418 g/mol. The molecule has 2 N–H and O–H groups in total. The number of aromatic amines is 2. The third kappa shape index (κ3) is 2.70. The van der Waals surface area contributed by atoms with Crippen LogP contribution in [0.5, 0.6) is 0 Å². The van der Waals surface area contributed by atoms with Crippen LogP contribution in [-0.2, 0) is 0 Å². The van der Waals surface area contributed by atoms with Gasteiger partial charge in [0.1, 0.15) is 5.52 Å². The van der Waals surface area contributed by atoms with E-state index in [1.54, 1.807) is 6.21 Å². The highest BCUT2D eigenvalue weighted by Crippen LogP contribution is 2.27. The number of aryl methyl sites for hydroxylation is 1. The molecule has 0 spiro atoms. The summed E-state index contributed by atoms with van der Waals surface area (Å²) in [6.45, 7) is 1.97. The highest BCUT2D eigenvalue weighted by Gasteiger charge is 2.13. The number of hydrogen-bond acceptors (Lipinski definition) is 3. The van der Waals surface area contributed by atoms with Crippen LogP contribution in [0.25, 0.3) is 43.5 Å². The van der Waals surface area contributed by atoms with E-state index >= 15 is 0 Å². The molecule has 6 heteroatoms. The molecule has 0 unspecified atom stereocenters. The Hall–Kier alpha value is -4.45. The van der Waals surface area contributed by atoms with Gasteiger partial charge < -0.3 is 9.97 Å². The molecule has 0 aliphatic heterocycles. The van der Waals surface area contributed by atoms with Crippen LogP contribution in [0.3, 0.4) is 0 Å². The Morgan fingerprint density at radius 1 is 0.781 bits per heavy atom. The number of fused-ring (bicyclic) bond motifs is 5. The zero-order chi connectivity index (χ0) is 21.8. The molecule has 0 aliphatic rings. The third-order valence-corrected chi connectivity index (χ3v) is 5.90. The predicted molar refractivity (Wildman–Crippen MR) is 130 cm³/mol. The van der Waals surface area contributed by atoms with Gasteiger partial charge in [-0.15, -0.1) is 4.68 Å². The number of H-pyrrole nitrogens is 2. The lowest BCUT2D eigenvalue weighted by Gasteiger charge is -2.08. The fourth-order valence-electron chi connectivity index (χ4n) is 4.36. The average Bonchev–Trinajstić information content (AvgIpc) is 3.16. The second-order valence-corrected chi connectivity index (χ2v) is 7.95. The molecule has 154 valence electrons. The van der Waals surface area contributed by atoms with Gasteiger partial charge >= 0.3 is 11.2 Å². The molecule has 0 saturated heterocycles. The van der Waals surface area contributed by atoms with E-state index in [1.165, 1.54) is 0 Å². The smallest absolute Gasteiger partial charge is 0.349 e. The van der Waals surface area contributed by atoms with Gasteiger partial charge in [-0.25, -0.2) is 4.79 Å². The molecule has 2 aromatic heterocycles. The van der Waals surface area contributed by atoms with E-state index in [2.05, 4.69) is 21.1 Å². The van der Waals surface area contributed by atoms with Gasteiger partial charge in [0.25, 0.3) is 0 Å². The number of nitrogens with zero attached hydrogens (tertiary/aromatic N) is 2. The largest absolute Gasteiger partial charge is 0.350 e. The van der Waals surface area contributed by atoms with Crippen molar-refractivity contribution in [2.24, 2.45) is 5.10 Å². The van der Waals surface area contributed by atoms with Gasteiger partial charge in [-0.2, -0.15) is 5.10 Å². The van der Waals surface area contributed by atoms with Crippen LogP contribution >= 0.6 is 0 Å². The van der Waals surface area contributed by atoms with Gasteiger partial charge in [0.2, 0.25) is 0 Å². The Kier molecular flexibility index (Phi) is 3.89. The summed E-state index contributed by atoms with van der Waals surface area (Å²) in [7, 11) is 0. The molecule has 32 heavy (non-hydrogen) atoms. The summed E-state index contributed by atoms with van der Waals surface area (Å²) in [5, 5.41) is 9.27. The molecule has 6 rings (SSSR count). The van der Waals surface area contributed by atoms with Crippen LogP contribution in [0, 0.1) is 6.92 Å². The van der Waals surface area contributed by atoms with Crippen molar-refractivity contribution in [3.63, 3.8) is 0 Å². The molecule has 4 aromatic carbocycles. The molecule has 2 heterocycles. The van der Waals surface area contributed by atoms with Gasteiger partial charge in [0.15, 0.2) is 0 Å². The first-order valence-corrected chi connectivity index (χ1v) is 10.3. The Balaban J connectivity index is 1.61. The number of benzene rings is 4. The summed E-state index contributed by atoms with van der Waals surface area (Å²) in [6, 6.07) is 23.9. The summed E-state index contributed by atoms with van der Waals surface area (Å²) >= 11 is 0. The van der Waals surface area contributed by atoms with Crippen LogP contribution in [-0.4, -0.2) is 20.9 Å². The first-order chi connectivity index (χ1) is 15.6. The molecule has 0 bridgehead atoms. The zero-order valence-corrected chi connectivity index (χ0v) is 17.2. The third-order valence-electron chi connectivity index (χ3n) is 5.90. The maximum atomic E-state index is 13.2. The lowest BCUT2D eigenvalue weighted by molar-refractivity contribution is 0.770. The normalized spacial score (nSPS) is 12.0. The van der Waals surface area contributed by atoms with Crippen LogP contribution in [0.2, 0.25) is 0 Å². The van der Waals surface area contributed by atoms with E-state index in [9.17, 15) is 9.59 Å². The molecule has 0 amide bonds. The van der Waals surface area contributed by atoms with Gasteiger partial charge in [0, 0.05) is 16.5 Å². The summed E-state index contributed by atoms with van der Waals surface area (Å²) < 4.78 is 0.876. The lowest BCUT2D eigenvalue weighted by atomic mass is 9.97. The Morgan fingerprint density at radius 3 is 2.19 bits per heavy atom. The van der Waals surface area contributed by atoms with Crippen molar-refractivity contribution in [2.75, 3.05) is 0 Å². The first kappa shape index (κ1) is 18.3. The van der Waals surface area contributed by atoms with Crippen molar-refractivity contribution in [1.29, 1.82) is 0 Å². The summed E-state index contributed by atoms with van der Waals surface area (Å²) in [5.41, 5.74) is 2.46. The molecule has 6 nitrogen and oxygen atoms in total. The van der Waals surface area contributed by atoms with E-state index < -0.39 is 11.2 Å². The van der Waals surface area contributed by atoms with Gasteiger partial charge in [0.05, 0.1) is 11.7 Å². The van der Waals surface area contributed by atoms with Gasteiger partial charge in [-0.1, -0.05) is 60.2 Å². The lowest BCUT2D eigenvalue weighted by Crippen LogP contribution is -2.32. The van der Waals surface area contributed by atoms with E-state index in [-0.39, 0.29) is 0 Å². The summed E-state index contributed by atoms with van der Waals surface area (Å²) in [4.78, 5) is 31.9. The van der Waals surface area contributed by atoms with Crippen molar-refractivity contribution < 1.29 is 0 Å². The minimum Gasteiger partial charge on any atom is -0.349 e. The first-order valence-electron chi connectivity index (χ1n) is 10.3. The molecule has 6 aromatic rings.